The summed E-state index contributed by atoms with van der Waals surface area (Å²) in [5, 5.41) is 10.7. The molecule has 0 saturated carbocycles. The van der Waals surface area contributed by atoms with E-state index in [-0.39, 0.29) is 35.9 Å². The first-order valence-electron chi connectivity index (χ1n) is 15.2. The summed E-state index contributed by atoms with van der Waals surface area (Å²) in [5.74, 6) is -2.75. The van der Waals surface area contributed by atoms with Gasteiger partial charge in [-0.1, -0.05) is 71.8 Å². The van der Waals surface area contributed by atoms with Crippen LogP contribution in [0.2, 0.25) is 0 Å². The zero-order valence-corrected chi connectivity index (χ0v) is 26.4. The molecule has 0 radical (unpaired) electrons. The third-order valence-corrected chi connectivity index (χ3v) is 9.89. The molecule has 1 aromatic rings. The van der Waals surface area contributed by atoms with E-state index in [4.69, 9.17) is 9.47 Å². The summed E-state index contributed by atoms with van der Waals surface area (Å²) in [6, 6.07) is 7.84. The second-order valence-corrected chi connectivity index (χ2v) is 13.0. The lowest BCUT2D eigenvalue weighted by molar-refractivity contribution is -0.157. The van der Waals surface area contributed by atoms with E-state index >= 15 is 0 Å². The van der Waals surface area contributed by atoms with Gasteiger partial charge in [-0.25, -0.2) is 0 Å². The van der Waals surface area contributed by atoms with Gasteiger partial charge in [-0.2, -0.15) is 0 Å². The van der Waals surface area contributed by atoms with E-state index < -0.39 is 41.6 Å². The highest BCUT2D eigenvalue weighted by molar-refractivity contribution is 9.09. The maximum Gasteiger partial charge on any atom is 0.312 e. The molecule has 9 heteroatoms. The minimum atomic E-state index is -1.21. The number of likely N-dealkylation sites (tertiary alicyclic amines) is 1. The van der Waals surface area contributed by atoms with Gasteiger partial charge in [0.2, 0.25) is 11.8 Å². The van der Waals surface area contributed by atoms with Gasteiger partial charge in [0.1, 0.15) is 11.6 Å². The highest BCUT2D eigenvalue weighted by Gasteiger charge is 2.77. The number of aliphatic hydroxyl groups excluding tert-OH is 1. The van der Waals surface area contributed by atoms with Gasteiger partial charge in [0, 0.05) is 17.4 Å². The van der Waals surface area contributed by atoms with Crippen LogP contribution in [-0.2, 0) is 30.3 Å². The number of esters is 1. The molecule has 4 rings (SSSR count). The van der Waals surface area contributed by atoms with Crippen LogP contribution in [0, 0.1) is 11.8 Å². The van der Waals surface area contributed by atoms with Crippen LogP contribution >= 0.6 is 15.9 Å². The highest BCUT2D eigenvalue weighted by atomic mass is 79.9. The number of hydrogen-bond donors (Lipinski definition) is 1. The second kappa shape index (κ2) is 14.3. The molecule has 1 aromatic carbocycles. The first-order chi connectivity index (χ1) is 20.2. The van der Waals surface area contributed by atoms with Crippen molar-refractivity contribution in [3.8, 4) is 0 Å². The van der Waals surface area contributed by atoms with E-state index in [1.165, 1.54) is 0 Å². The first-order valence-corrected chi connectivity index (χ1v) is 16.1. The fourth-order valence-corrected chi connectivity index (χ4v) is 8.11. The minimum Gasteiger partial charge on any atom is -0.465 e. The van der Waals surface area contributed by atoms with Crippen molar-refractivity contribution < 1.29 is 29.0 Å². The average molecular weight is 646 g/mol. The molecule has 3 aliphatic heterocycles. The summed E-state index contributed by atoms with van der Waals surface area (Å²) >= 11 is 3.72. The number of amides is 2. The van der Waals surface area contributed by atoms with Gasteiger partial charge in [-0.3, -0.25) is 14.4 Å². The Labute approximate surface area is 258 Å². The quantitative estimate of drug-likeness (QED) is 0.124. The van der Waals surface area contributed by atoms with Gasteiger partial charge < -0.3 is 24.4 Å². The summed E-state index contributed by atoms with van der Waals surface area (Å²) in [4.78, 5) is 45.8. The number of carbonyl (C=O) groups excluding carboxylic acids is 3. The second-order valence-electron chi connectivity index (χ2n) is 11.8. The number of fused-ring (bicyclic) bond motifs is 1. The fourth-order valence-electron chi connectivity index (χ4n) is 7.16. The number of ether oxygens (including phenoxy) is 2. The Morgan fingerprint density at radius 1 is 1.26 bits per heavy atom. The van der Waals surface area contributed by atoms with E-state index in [2.05, 4.69) is 36.0 Å². The zero-order chi connectivity index (χ0) is 30.4. The zero-order valence-electron chi connectivity index (χ0n) is 24.8. The van der Waals surface area contributed by atoms with E-state index in [0.29, 0.717) is 25.8 Å². The van der Waals surface area contributed by atoms with Crippen molar-refractivity contribution >= 4 is 33.7 Å². The van der Waals surface area contributed by atoms with Crippen molar-refractivity contribution in [2.24, 2.45) is 11.8 Å². The standard InChI is InChI=1S/C33H45BrN2O6/c1-5-8-9-13-18-41-32(40)26-27-30(38)36(24(21-37)19-23-15-11-10-12-16-23)29(33(27)20-25(34)28(26)42-33)31(39)35(17-7-3)22(4)14-6-2/h5,7,10-12,15-16,22,24-29,37H,1,3,6,8-9,13-14,17-21H2,2,4H3/t22?,24-,25?,26+,27+,28+,29?,33?/m1/s1. The Morgan fingerprint density at radius 3 is 2.64 bits per heavy atom. The highest BCUT2D eigenvalue weighted by Crippen LogP contribution is 2.60. The number of carbonyl (C=O) groups is 3. The lowest BCUT2D eigenvalue weighted by Gasteiger charge is -2.41. The van der Waals surface area contributed by atoms with Gasteiger partial charge in [0.25, 0.3) is 0 Å². The Balaban J connectivity index is 1.74. The molecule has 8 atom stereocenters. The topological polar surface area (TPSA) is 96.4 Å². The molecule has 8 nitrogen and oxygen atoms in total. The number of hydrogen-bond acceptors (Lipinski definition) is 6. The van der Waals surface area contributed by atoms with Crippen LogP contribution in [0.25, 0.3) is 0 Å². The van der Waals surface area contributed by atoms with Gasteiger partial charge in [-0.05, 0) is 51.0 Å². The molecule has 3 heterocycles. The predicted octanol–water partition coefficient (Wildman–Crippen LogP) is 4.44. The Bertz CT molecular complexity index is 1130. The molecular formula is C33H45BrN2O6. The Morgan fingerprint density at radius 2 is 2.00 bits per heavy atom. The molecule has 0 aromatic heterocycles. The van der Waals surface area contributed by atoms with Gasteiger partial charge >= 0.3 is 5.97 Å². The number of unbranched alkanes of at least 4 members (excludes halogenated alkanes) is 2. The van der Waals surface area contributed by atoms with E-state index in [9.17, 15) is 19.5 Å². The Kier molecular flexibility index (Phi) is 11.1. The van der Waals surface area contributed by atoms with Gasteiger partial charge in [-0.15, -0.1) is 13.2 Å². The lowest BCUT2D eigenvalue weighted by atomic mass is 9.70. The normalized spacial score (nSPS) is 29.2. The number of nitrogens with zero attached hydrogens (tertiary/aromatic N) is 2. The van der Waals surface area contributed by atoms with E-state index in [0.717, 1.165) is 31.2 Å². The smallest absolute Gasteiger partial charge is 0.312 e. The molecule has 1 spiro atoms. The summed E-state index contributed by atoms with van der Waals surface area (Å²) in [5.41, 5.74) is -0.277. The van der Waals surface area contributed by atoms with Crippen molar-refractivity contribution in [2.75, 3.05) is 19.8 Å². The van der Waals surface area contributed by atoms with Crippen LogP contribution in [0.4, 0.5) is 0 Å². The lowest BCUT2D eigenvalue weighted by Crippen LogP contribution is -2.60. The molecule has 3 fully saturated rings. The van der Waals surface area contributed by atoms with Crippen molar-refractivity contribution in [3.05, 3.63) is 61.2 Å². The van der Waals surface area contributed by atoms with Crippen LogP contribution in [0.15, 0.2) is 55.6 Å². The molecule has 230 valence electrons. The number of allylic oxidation sites excluding steroid dienone is 1. The van der Waals surface area contributed by atoms with E-state index in [1.807, 2.05) is 43.3 Å². The van der Waals surface area contributed by atoms with Crippen molar-refractivity contribution in [1.82, 2.24) is 9.80 Å². The van der Waals surface area contributed by atoms with Crippen molar-refractivity contribution in [1.29, 1.82) is 0 Å². The Hall–Kier alpha value is -2.49. The molecule has 2 bridgehead atoms. The summed E-state index contributed by atoms with van der Waals surface area (Å²) < 4.78 is 12.3. The van der Waals surface area contributed by atoms with Crippen LogP contribution in [0.3, 0.4) is 0 Å². The summed E-state index contributed by atoms with van der Waals surface area (Å²) in [7, 11) is 0. The van der Waals surface area contributed by atoms with Crippen molar-refractivity contribution in [3.63, 3.8) is 0 Å². The molecule has 3 aliphatic rings. The van der Waals surface area contributed by atoms with Crippen LogP contribution < -0.4 is 0 Å². The number of alkyl halides is 1. The monoisotopic (exact) mass is 644 g/mol. The molecular weight excluding hydrogens is 600 g/mol. The molecule has 42 heavy (non-hydrogen) atoms. The fraction of sp³-hybridized carbons (Fsp3) is 0.606. The number of aliphatic hydroxyl groups is 1. The van der Waals surface area contributed by atoms with Crippen LogP contribution in [-0.4, -0.2) is 87.1 Å². The molecule has 2 amide bonds. The van der Waals surface area contributed by atoms with Crippen molar-refractivity contribution in [2.45, 2.75) is 93.5 Å². The van der Waals surface area contributed by atoms with Crippen LogP contribution in [0.1, 0.15) is 57.9 Å². The van der Waals surface area contributed by atoms with Gasteiger partial charge in [0.15, 0.2) is 0 Å². The third kappa shape index (κ3) is 6.10. The SMILES string of the molecule is C=CCCCCOC(=O)[C@H]1[C@H]2C(=O)N([C@@H](CO)Cc3ccccc3)C(C(=O)N(CC=C)C(C)CCC)C23CC(Br)[C@@H]1O3. The average Bonchev–Trinajstić information content (AvgIpc) is 3.58. The third-order valence-electron chi connectivity index (χ3n) is 9.05. The summed E-state index contributed by atoms with van der Waals surface area (Å²) in [6.45, 7) is 11.9. The molecule has 0 aliphatic carbocycles. The molecule has 4 unspecified atom stereocenters. The van der Waals surface area contributed by atoms with Gasteiger partial charge in [0.05, 0.1) is 37.2 Å². The predicted molar refractivity (Wildman–Crippen MR) is 165 cm³/mol. The number of benzene rings is 1. The first kappa shape index (κ1) is 32.4. The largest absolute Gasteiger partial charge is 0.465 e. The molecule has 1 N–H and O–H groups in total. The minimum absolute atomic E-state index is 0.0932. The van der Waals surface area contributed by atoms with E-state index in [1.54, 1.807) is 15.9 Å². The molecule has 3 saturated heterocycles. The number of rotatable bonds is 16. The van der Waals surface area contributed by atoms with Crippen LogP contribution in [0.5, 0.6) is 0 Å². The maximum absolute atomic E-state index is 14.6. The maximum atomic E-state index is 14.6. The number of halogens is 1. The summed E-state index contributed by atoms with van der Waals surface area (Å²) in [6.07, 6.45) is 7.76.